The van der Waals surface area contributed by atoms with Gasteiger partial charge in [0.1, 0.15) is 6.54 Å². The quantitative estimate of drug-likeness (QED) is 0.773. The van der Waals surface area contributed by atoms with Gasteiger partial charge in [-0.15, -0.1) is 0 Å². The fourth-order valence-electron chi connectivity index (χ4n) is 2.60. The van der Waals surface area contributed by atoms with Gasteiger partial charge in [0.2, 0.25) is 11.8 Å². The van der Waals surface area contributed by atoms with Gasteiger partial charge in [-0.3, -0.25) is 14.3 Å². The van der Waals surface area contributed by atoms with Gasteiger partial charge in [-0.25, -0.2) is 0 Å². The van der Waals surface area contributed by atoms with Crippen LogP contribution in [-0.4, -0.2) is 65.4 Å². The van der Waals surface area contributed by atoms with E-state index in [1.165, 1.54) is 0 Å². The van der Waals surface area contributed by atoms with E-state index in [0.29, 0.717) is 31.7 Å². The summed E-state index contributed by atoms with van der Waals surface area (Å²) >= 11 is 0. The van der Waals surface area contributed by atoms with Crippen molar-refractivity contribution in [1.82, 2.24) is 20.0 Å². The van der Waals surface area contributed by atoms with E-state index in [2.05, 4.69) is 15.7 Å². The molecule has 1 saturated heterocycles. The van der Waals surface area contributed by atoms with Gasteiger partial charge in [0.25, 0.3) is 0 Å². The van der Waals surface area contributed by atoms with Crippen LogP contribution < -0.4 is 10.6 Å². The molecule has 0 bridgehead atoms. The Labute approximate surface area is 136 Å². The first-order valence-corrected chi connectivity index (χ1v) is 7.88. The first-order chi connectivity index (χ1) is 11.0. The van der Waals surface area contributed by atoms with E-state index < -0.39 is 0 Å². The molecule has 0 aromatic carbocycles. The molecular weight excluding hydrogens is 298 g/mol. The van der Waals surface area contributed by atoms with Crippen molar-refractivity contribution in [2.24, 2.45) is 0 Å². The molecule has 1 aliphatic heterocycles. The molecule has 0 spiro atoms. The minimum Gasteiger partial charge on any atom is -0.372 e. The summed E-state index contributed by atoms with van der Waals surface area (Å²) in [5.41, 5.74) is 0.600. The predicted octanol–water partition coefficient (Wildman–Crippen LogP) is 0.0669. The number of hydrogen-bond donors (Lipinski definition) is 2. The van der Waals surface area contributed by atoms with Crippen LogP contribution in [0.25, 0.3) is 0 Å². The Bertz CT molecular complexity index is 535. The van der Waals surface area contributed by atoms with E-state index in [1.807, 2.05) is 13.8 Å². The Morgan fingerprint density at radius 1 is 1.35 bits per heavy atom. The summed E-state index contributed by atoms with van der Waals surface area (Å²) in [5, 5.41) is 9.80. The molecule has 128 valence electrons. The minimum atomic E-state index is -0.0824. The molecule has 0 saturated carbocycles. The normalized spacial score (nSPS) is 21.3. The van der Waals surface area contributed by atoms with E-state index >= 15 is 0 Å². The summed E-state index contributed by atoms with van der Waals surface area (Å²) in [6.07, 6.45) is 3.70. The van der Waals surface area contributed by atoms with E-state index in [9.17, 15) is 9.59 Å². The maximum Gasteiger partial charge on any atom is 0.244 e. The summed E-state index contributed by atoms with van der Waals surface area (Å²) in [5.74, 6) is -0.0794. The summed E-state index contributed by atoms with van der Waals surface area (Å²) < 4.78 is 7.17. The number of aromatic nitrogens is 2. The number of nitrogens with zero attached hydrogens (tertiary/aromatic N) is 3. The SMILES string of the molecule is CNCCC(=O)Nc1cnn(CC(=O)N2CC(C)OC(C)C2)c1. The van der Waals surface area contributed by atoms with Crippen molar-refractivity contribution in [3.8, 4) is 0 Å². The lowest BCUT2D eigenvalue weighted by Gasteiger charge is -2.35. The Balaban J connectivity index is 1.86. The van der Waals surface area contributed by atoms with Crippen molar-refractivity contribution in [3.05, 3.63) is 12.4 Å². The molecule has 2 unspecified atom stereocenters. The van der Waals surface area contributed by atoms with Gasteiger partial charge in [-0.1, -0.05) is 0 Å². The third-order valence-electron chi connectivity index (χ3n) is 3.59. The zero-order valence-electron chi connectivity index (χ0n) is 13.9. The zero-order chi connectivity index (χ0) is 16.8. The van der Waals surface area contributed by atoms with Gasteiger partial charge in [0.15, 0.2) is 0 Å². The average Bonchev–Trinajstić information content (AvgIpc) is 2.91. The van der Waals surface area contributed by atoms with Crippen LogP contribution in [0.2, 0.25) is 0 Å². The molecule has 23 heavy (non-hydrogen) atoms. The number of nitrogens with one attached hydrogen (secondary N) is 2. The maximum atomic E-state index is 12.3. The van der Waals surface area contributed by atoms with Gasteiger partial charge in [0.05, 0.1) is 24.1 Å². The van der Waals surface area contributed by atoms with Crippen LogP contribution in [0.1, 0.15) is 20.3 Å². The van der Waals surface area contributed by atoms with Gasteiger partial charge < -0.3 is 20.3 Å². The summed E-state index contributed by atoms with van der Waals surface area (Å²) in [7, 11) is 1.80. The number of anilines is 1. The van der Waals surface area contributed by atoms with Gasteiger partial charge in [0, 0.05) is 32.3 Å². The van der Waals surface area contributed by atoms with Crippen molar-refractivity contribution < 1.29 is 14.3 Å². The summed E-state index contributed by atoms with van der Waals surface area (Å²) in [4.78, 5) is 25.8. The van der Waals surface area contributed by atoms with Crippen molar-refractivity contribution in [2.45, 2.75) is 39.0 Å². The lowest BCUT2D eigenvalue weighted by Crippen LogP contribution is -2.49. The molecule has 2 N–H and O–H groups in total. The smallest absolute Gasteiger partial charge is 0.244 e. The Morgan fingerprint density at radius 2 is 2.04 bits per heavy atom. The number of hydrogen-bond acceptors (Lipinski definition) is 5. The second kappa shape index (κ2) is 8.07. The maximum absolute atomic E-state index is 12.3. The number of carbonyl (C=O) groups is 2. The van der Waals surface area contributed by atoms with Crippen molar-refractivity contribution in [1.29, 1.82) is 0 Å². The highest BCUT2D eigenvalue weighted by atomic mass is 16.5. The lowest BCUT2D eigenvalue weighted by molar-refractivity contribution is -0.144. The van der Waals surface area contributed by atoms with E-state index in [1.54, 1.807) is 29.0 Å². The third-order valence-corrected chi connectivity index (χ3v) is 3.59. The molecule has 8 heteroatoms. The Morgan fingerprint density at radius 3 is 2.70 bits per heavy atom. The number of morpholine rings is 1. The van der Waals surface area contributed by atoms with E-state index in [-0.39, 0.29) is 30.6 Å². The number of rotatable bonds is 6. The lowest BCUT2D eigenvalue weighted by atomic mass is 10.2. The number of carbonyl (C=O) groups excluding carboxylic acids is 2. The van der Waals surface area contributed by atoms with Crippen molar-refractivity contribution in [3.63, 3.8) is 0 Å². The van der Waals surface area contributed by atoms with E-state index in [4.69, 9.17) is 4.74 Å². The fourth-order valence-corrected chi connectivity index (χ4v) is 2.60. The van der Waals surface area contributed by atoms with Crippen LogP contribution in [0.4, 0.5) is 5.69 Å². The second-order valence-corrected chi connectivity index (χ2v) is 5.88. The van der Waals surface area contributed by atoms with Crippen LogP contribution in [0.15, 0.2) is 12.4 Å². The number of ether oxygens (including phenoxy) is 1. The van der Waals surface area contributed by atoms with Crippen molar-refractivity contribution in [2.75, 3.05) is 32.0 Å². The Kier molecular flexibility index (Phi) is 6.12. The van der Waals surface area contributed by atoms with Crippen LogP contribution >= 0.6 is 0 Å². The molecule has 1 aliphatic rings. The first kappa shape index (κ1) is 17.4. The van der Waals surface area contributed by atoms with Crippen LogP contribution in [0, 0.1) is 0 Å². The van der Waals surface area contributed by atoms with Crippen LogP contribution in [0.5, 0.6) is 0 Å². The van der Waals surface area contributed by atoms with Gasteiger partial charge >= 0.3 is 0 Å². The minimum absolute atomic E-state index is 0.00293. The van der Waals surface area contributed by atoms with Gasteiger partial charge in [-0.2, -0.15) is 5.10 Å². The molecule has 8 nitrogen and oxygen atoms in total. The molecule has 0 aliphatic carbocycles. The summed E-state index contributed by atoms with van der Waals surface area (Å²) in [6.45, 7) is 5.89. The van der Waals surface area contributed by atoms with Crippen LogP contribution in [0.3, 0.4) is 0 Å². The molecule has 2 rings (SSSR count). The highest BCUT2D eigenvalue weighted by molar-refractivity contribution is 5.90. The molecule has 1 aromatic heterocycles. The molecule has 1 fully saturated rings. The van der Waals surface area contributed by atoms with Crippen LogP contribution in [-0.2, 0) is 20.9 Å². The molecular formula is C15H25N5O3. The number of amides is 2. The Hall–Kier alpha value is -1.93. The van der Waals surface area contributed by atoms with Gasteiger partial charge in [-0.05, 0) is 20.9 Å². The summed E-state index contributed by atoms with van der Waals surface area (Å²) in [6, 6.07) is 0. The largest absolute Gasteiger partial charge is 0.372 e. The molecule has 2 atom stereocenters. The fraction of sp³-hybridized carbons (Fsp3) is 0.667. The second-order valence-electron chi connectivity index (χ2n) is 5.88. The third kappa shape index (κ3) is 5.33. The molecule has 2 heterocycles. The first-order valence-electron chi connectivity index (χ1n) is 7.88. The van der Waals surface area contributed by atoms with E-state index in [0.717, 1.165) is 0 Å². The standard InChI is InChI=1S/C15H25N5O3/c1-11-7-19(8-12(2)23-11)15(22)10-20-9-13(6-17-20)18-14(21)4-5-16-3/h6,9,11-12,16H,4-5,7-8,10H2,1-3H3,(H,18,21). The predicted molar refractivity (Wildman–Crippen MR) is 86.0 cm³/mol. The molecule has 1 aromatic rings. The highest BCUT2D eigenvalue weighted by Crippen LogP contribution is 2.12. The molecule has 2 amide bonds. The average molecular weight is 323 g/mol. The topological polar surface area (TPSA) is 88.5 Å². The zero-order valence-corrected chi connectivity index (χ0v) is 13.9. The monoisotopic (exact) mass is 323 g/mol. The molecule has 0 radical (unpaired) electrons. The van der Waals surface area contributed by atoms with Crippen molar-refractivity contribution >= 4 is 17.5 Å². The highest BCUT2D eigenvalue weighted by Gasteiger charge is 2.25.